The zero-order chi connectivity index (χ0) is 34.1. The number of methoxy groups -OCH3 is 1. The third kappa shape index (κ3) is 6.12. The van der Waals surface area contributed by atoms with E-state index in [0.29, 0.717) is 78.1 Å². The van der Waals surface area contributed by atoms with Crippen molar-refractivity contribution in [3.8, 4) is 17.0 Å². The molecule has 0 aliphatic carbocycles. The number of nitro benzene ring substituents is 1. The van der Waals surface area contributed by atoms with Gasteiger partial charge < -0.3 is 29.7 Å². The summed E-state index contributed by atoms with van der Waals surface area (Å²) in [6, 6.07) is 15.8. The molecule has 2 fully saturated rings. The monoisotopic (exact) mass is 671 g/mol. The van der Waals surface area contributed by atoms with Crippen LogP contribution in [-0.2, 0) is 0 Å². The molecule has 14 nitrogen and oxygen atoms in total. The molecule has 0 spiro atoms. The predicted octanol–water partition coefficient (Wildman–Crippen LogP) is 5.48. The van der Waals surface area contributed by atoms with Gasteiger partial charge in [-0.15, -0.1) is 0 Å². The molecular weight excluding hydrogens is 642 g/mol. The van der Waals surface area contributed by atoms with Gasteiger partial charge in [0.25, 0.3) is 17.5 Å². The number of carbonyl (C=O) groups is 3. The molecule has 4 aromatic rings. The van der Waals surface area contributed by atoms with E-state index in [0.717, 1.165) is 0 Å². The standard InChI is InChI=1S/C33H30ClN7O7/c1-19-18-40(33(44)35-19)22-10-8-21(9-11-22)31(42)36-25-17-26(24(34)16-27(25)41(45)46)38-12-14-39(15-13-38)32(43)29-20(2)48-37-30(29)23-6-4-5-7-28(23)47-3/h4-11,16-17H,1,12-15,18H2,2-3H3,(H,35,44)(H,36,42). The summed E-state index contributed by atoms with van der Waals surface area (Å²) in [5, 5.41) is 21.5. The first-order chi connectivity index (χ1) is 23.0. The van der Waals surface area contributed by atoms with Crippen LogP contribution in [0.25, 0.3) is 11.3 Å². The fourth-order valence-corrected chi connectivity index (χ4v) is 6.00. The Hall–Kier alpha value is -5.89. The van der Waals surface area contributed by atoms with Gasteiger partial charge in [0.1, 0.15) is 28.5 Å². The first kappa shape index (κ1) is 32.1. The summed E-state index contributed by atoms with van der Waals surface area (Å²) < 4.78 is 10.9. The largest absolute Gasteiger partial charge is 0.496 e. The summed E-state index contributed by atoms with van der Waals surface area (Å²) in [6.07, 6.45) is 0. The van der Waals surface area contributed by atoms with Crippen LogP contribution in [0.5, 0.6) is 5.75 Å². The number of hydrogen-bond acceptors (Lipinski definition) is 9. The van der Waals surface area contributed by atoms with Gasteiger partial charge in [0, 0.05) is 54.8 Å². The Balaban J connectivity index is 1.18. The van der Waals surface area contributed by atoms with Gasteiger partial charge in [-0.2, -0.15) is 0 Å². The number of hydrogen-bond donors (Lipinski definition) is 2. The molecule has 2 saturated heterocycles. The molecule has 0 radical (unpaired) electrons. The van der Waals surface area contributed by atoms with Crippen molar-refractivity contribution in [1.29, 1.82) is 0 Å². The number of ether oxygens (including phenoxy) is 1. The highest BCUT2D eigenvalue weighted by Crippen LogP contribution is 2.38. The summed E-state index contributed by atoms with van der Waals surface area (Å²) in [5.74, 6) is 0.0984. The van der Waals surface area contributed by atoms with Crippen LogP contribution in [-0.4, -0.2) is 72.7 Å². The van der Waals surface area contributed by atoms with Crippen molar-refractivity contribution in [2.45, 2.75) is 6.92 Å². The number of nitrogens with one attached hydrogen (secondary N) is 2. The Labute approximate surface area is 279 Å². The molecular formula is C33H30ClN7O7. The number of halogens is 1. The molecule has 2 N–H and O–H groups in total. The van der Waals surface area contributed by atoms with Gasteiger partial charge in [-0.1, -0.05) is 35.5 Å². The molecule has 1 aromatic heterocycles. The average Bonchev–Trinajstić information content (AvgIpc) is 3.65. The zero-order valence-electron chi connectivity index (χ0n) is 26.0. The SMILES string of the molecule is C=C1CN(c2ccc(C(=O)Nc3cc(N4CCN(C(=O)c5c(-c6ccccc6OC)noc5C)CC4)c(Cl)cc3[N+](=O)[O-])cc2)C(=O)N1. The smallest absolute Gasteiger partial charge is 0.326 e. The second-order valence-corrected chi connectivity index (χ2v) is 11.5. The number of carbonyl (C=O) groups excluding carboxylic acids is 3. The van der Waals surface area contributed by atoms with E-state index >= 15 is 0 Å². The number of urea groups is 1. The molecule has 246 valence electrons. The van der Waals surface area contributed by atoms with E-state index in [1.807, 2.05) is 17.0 Å². The van der Waals surface area contributed by atoms with Crippen LogP contribution in [0.1, 0.15) is 26.5 Å². The van der Waals surface area contributed by atoms with Gasteiger partial charge in [0.15, 0.2) is 0 Å². The maximum atomic E-state index is 13.7. The number of aryl methyl sites for hydroxylation is 1. The lowest BCUT2D eigenvalue weighted by atomic mass is 10.0. The van der Waals surface area contributed by atoms with E-state index in [-0.39, 0.29) is 33.9 Å². The van der Waals surface area contributed by atoms with E-state index in [1.54, 1.807) is 43.2 Å². The number of amides is 4. The van der Waals surface area contributed by atoms with Crippen molar-refractivity contribution >= 4 is 52.2 Å². The van der Waals surface area contributed by atoms with Gasteiger partial charge in [0.05, 0.1) is 29.3 Å². The van der Waals surface area contributed by atoms with Crippen LogP contribution < -0.4 is 25.2 Å². The number of rotatable bonds is 8. The molecule has 15 heteroatoms. The molecule has 0 bridgehead atoms. The normalized spacial score (nSPS) is 14.6. The fourth-order valence-electron chi connectivity index (χ4n) is 5.72. The Bertz CT molecular complexity index is 1950. The van der Waals surface area contributed by atoms with Crippen molar-refractivity contribution in [2.24, 2.45) is 0 Å². The van der Waals surface area contributed by atoms with Gasteiger partial charge in [-0.25, -0.2) is 4.79 Å². The highest BCUT2D eigenvalue weighted by Gasteiger charge is 2.31. The number of piperazine rings is 1. The maximum Gasteiger partial charge on any atom is 0.326 e. The molecule has 2 aliphatic rings. The first-order valence-electron chi connectivity index (χ1n) is 14.8. The molecule has 0 saturated carbocycles. The Kier molecular flexibility index (Phi) is 8.74. The second kappa shape index (κ2) is 13.1. The van der Waals surface area contributed by atoms with Gasteiger partial charge >= 0.3 is 6.03 Å². The molecule has 2 aliphatic heterocycles. The minimum atomic E-state index is -0.621. The Morgan fingerprint density at radius 3 is 2.46 bits per heavy atom. The number of aromatic nitrogens is 1. The number of anilines is 3. The summed E-state index contributed by atoms with van der Waals surface area (Å²) in [6.45, 7) is 7.10. The minimum Gasteiger partial charge on any atom is -0.496 e. The van der Waals surface area contributed by atoms with Crippen LogP contribution in [0.3, 0.4) is 0 Å². The lowest BCUT2D eigenvalue weighted by molar-refractivity contribution is -0.383. The molecule has 0 unspecified atom stereocenters. The van der Waals surface area contributed by atoms with E-state index in [2.05, 4.69) is 22.4 Å². The molecule has 48 heavy (non-hydrogen) atoms. The third-order valence-electron chi connectivity index (χ3n) is 8.18. The zero-order valence-corrected chi connectivity index (χ0v) is 26.7. The van der Waals surface area contributed by atoms with Crippen LogP contribution >= 0.6 is 11.6 Å². The lowest BCUT2D eigenvalue weighted by Gasteiger charge is -2.36. The number of nitrogens with zero attached hydrogens (tertiary/aromatic N) is 5. The lowest BCUT2D eigenvalue weighted by Crippen LogP contribution is -2.49. The highest BCUT2D eigenvalue weighted by atomic mass is 35.5. The van der Waals surface area contributed by atoms with Gasteiger partial charge in [0.2, 0.25) is 0 Å². The topological polar surface area (TPSA) is 163 Å². The number of benzene rings is 3. The number of nitro groups is 1. The highest BCUT2D eigenvalue weighted by molar-refractivity contribution is 6.33. The molecule has 3 heterocycles. The molecule has 0 atom stereocenters. The minimum absolute atomic E-state index is 0.0382. The van der Waals surface area contributed by atoms with Crippen LogP contribution in [0.2, 0.25) is 5.02 Å². The molecule has 4 amide bonds. The summed E-state index contributed by atoms with van der Waals surface area (Å²) >= 11 is 6.54. The second-order valence-electron chi connectivity index (χ2n) is 11.1. The van der Waals surface area contributed by atoms with Crippen molar-refractivity contribution < 1.29 is 28.6 Å². The maximum absolute atomic E-state index is 13.7. The van der Waals surface area contributed by atoms with Crippen LogP contribution in [0, 0.1) is 17.0 Å². The van der Waals surface area contributed by atoms with Gasteiger partial charge in [-0.05, 0) is 49.4 Å². The van der Waals surface area contributed by atoms with E-state index in [1.165, 1.54) is 29.2 Å². The quantitative estimate of drug-likeness (QED) is 0.182. The molecule has 6 rings (SSSR count). The third-order valence-corrected chi connectivity index (χ3v) is 8.48. The van der Waals surface area contributed by atoms with E-state index < -0.39 is 10.8 Å². The van der Waals surface area contributed by atoms with Crippen molar-refractivity contribution in [3.05, 3.63) is 105 Å². The predicted molar refractivity (Wildman–Crippen MR) is 179 cm³/mol. The summed E-state index contributed by atoms with van der Waals surface area (Å²) in [4.78, 5) is 55.4. The Morgan fingerprint density at radius 1 is 1.10 bits per heavy atom. The first-order valence-corrected chi connectivity index (χ1v) is 15.2. The summed E-state index contributed by atoms with van der Waals surface area (Å²) in [7, 11) is 1.54. The fraction of sp³-hybridized carbons (Fsp3) is 0.212. The van der Waals surface area contributed by atoms with E-state index in [4.69, 9.17) is 20.9 Å². The number of para-hydroxylation sites is 1. The average molecular weight is 672 g/mol. The van der Waals surface area contributed by atoms with Crippen molar-refractivity contribution in [3.63, 3.8) is 0 Å². The van der Waals surface area contributed by atoms with Crippen molar-refractivity contribution in [1.82, 2.24) is 15.4 Å². The summed E-state index contributed by atoms with van der Waals surface area (Å²) in [5.41, 5.74) is 2.77. The Morgan fingerprint density at radius 2 is 1.81 bits per heavy atom. The van der Waals surface area contributed by atoms with Crippen LogP contribution in [0.15, 0.2) is 77.5 Å². The van der Waals surface area contributed by atoms with E-state index in [9.17, 15) is 24.5 Å². The van der Waals surface area contributed by atoms with Crippen LogP contribution in [0.4, 0.5) is 27.5 Å². The van der Waals surface area contributed by atoms with Gasteiger partial charge in [-0.3, -0.25) is 24.6 Å². The molecule has 3 aromatic carbocycles. The van der Waals surface area contributed by atoms with Crippen molar-refractivity contribution in [2.75, 3.05) is 55.0 Å².